The molecule has 2 N–H and O–H groups in total. The molecule has 4 heteroatoms. The maximum absolute atomic E-state index is 13.3. The van der Waals surface area contributed by atoms with Crippen molar-refractivity contribution in [3.8, 4) is 0 Å². The van der Waals surface area contributed by atoms with Crippen LogP contribution in [-0.4, -0.2) is 17.3 Å². The van der Waals surface area contributed by atoms with Crippen LogP contribution in [0, 0.1) is 0 Å². The molecule has 1 atom stereocenters. The molecule has 2 heterocycles. The van der Waals surface area contributed by atoms with Gasteiger partial charge >= 0.3 is 0 Å². The molecule has 130 valence electrons. The predicted molar refractivity (Wildman–Crippen MR) is 108 cm³/mol. The molecule has 4 aromatic rings. The van der Waals surface area contributed by atoms with Gasteiger partial charge in [-0.05, 0) is 29.5 Å². The van der Waals surface area contributed by atoms with Crippen molar-refractivity contribution in [2.45, 2.75) is 12.5 Å². The van der Waals surface area contributed by atoms with Crippen molar-refractivity contribution in [2.75, 3.05) is 6.54 Å². The molecule has 0 bridgehead atoms. The van der Waals surface area contributed by atoms with Crippen molar-refractivity contribution in [2.24, 2.45) is 0 Å². The number of fused-ring (bicyclic) bond motifs is 1. The van der Waals surface area contributed by atoms with E-state index < -0.39 is 0 Å². The lowest BCUT2D eigenvalue weighted by Gasteiger charge is -2.18. The molecule has 0 aliphatic rings. The first kappa shape index (κ1) is 16.8. The number of thiophene rings is 1. The van der Waals surface area contributed by atoms with Gasteiger partial charge in [0.25, 0.3) is 0 Å². The van der Waals surface area contributed by atoms with Crippen molar-refractivity contribution in [3.05, 3.63) is 94.3 Å². The van der Waals surface area contributed by atoms with E-state index in [9.17, 15) is 4.79 Å². The lowest BCUT2D eigenvalue weighted by atomic mass is 9.97. The fraction of sp³-hybridized carbons (Fsp3) is 0.136. The third-order valence-electron chi connectivity index (χ3n) is 4.55. The second-order valence-electron chi connectivity index (χ2n) is 6.24. The minimum absolute atomic E-state index is 0.0971. The van der Waals surface area contributed by atoms with E-state index in [-0.39, 0.29) is 11.8 Å². The molecule has 0 radical (unpaired) electrons. The zero-order valence-electron chi connectivity index (χ0n) is 14.3. The third-order valence-corrected chi connectivity index (χ3v) is 5.49. The quantitative estimate of drug-likeness (QED) is 0.456. The number of hydrogen-bond acceptors (Lipinski definition) is 3. The van der Waals surface area contributed by atoms with Crippen LogP contribution in [0.1, 0.15) is 26.8 Å². The molecule has 1 unspecified atom stereocenters. The number of para-hydroxylation sites is 1. The molecule has 0 saturated carbocycles. The average molecular weight is 360 g/mol. The second kappa shape index (κ2) is 7.68. The fourth-order valence-electron chi connectivity index (χ4n) is 3.23. The van der Waals surface area contributed by atoms with Gasteiger partial charge in [0.05, 0.1) is 6.04 Å². The number of H-pyrrole nitrogens is 1. The highest BCUT2D eigenvalue weighted by atomic mass is 32.1. The van der Waals surface area contributed by atoms with Gasteiger partial charge in [0.15, 0.2) is 5.78 Å². The smallest absolute Gasteiger partial charge is 0.186 e. The minimum atomic E-state index is -0.352. The largest absolute Gasteiger partial charge is 0.360 e. The summed E-state index contributed by atoms with van der Waals surface area (Å²) in [6.45, 7) is 0.758. The van der Waals surface area contributed by atoms with Gasteiger partial charge in [0.1, 0.15) is 0 Å². The minimum Gasteiger partial charge on any atom is -0.360 e. The number of ketones is 1. The average Bonchev–Trinajstić information content (AvgIpc) is 3.35. The van der Waals surface area contributed by atoms with Crippen molar-refractivity contribution in [1.29, 1.82) is 0 Å². The Morgan fingerprint density at radius 2 is 1.81 bits per heavy atom. The maximum atomic E-state index is 13.3. The Balaban J connectivity index is 1.60. The summed E-state index contributed by atoms with van der Waals surface area (Å²) in [7, 11) is 0. The van der Waals surface area contributed by atoms with E-state index in [0.29, 0.717) is 0 Å². The van der Waals surface area contributed by atoms with Gasteiger partial charge < -0.3 is 10.3 Å². The standard InChI is InChI=1S/C22H20N2OS/c25-22(19-15-24-20-11-5-4-10-18(19)20)21(16-7-2-1-3-8-16)23-13-12-17-9-6-14-26-17/h1-11,14-15,21,23-24H,12-13H2. The van der Waals surface area contributed by atoms with E-state index in [1.165, 1.54) is 4.88 Å². The lowest BCUT2D eigenvalue weighted by molar-refractivity contribution is 0.0945. The Morgan fingerprint density at radius 3 is 2.62 bits per heavy atom. The number of carbonyl (C=O) groups excluding carboxylic acids is 1. The summed E-state index contributed by atoms with van der Waals surface area (Å²) in [5, 5.41) is 6.53. The van der Waals surface area contributed by atoms with Crippen LogP contribution in [0.25, 0.3) is 10.9 Å². The summed E-state index contributed by atoms with van der Waals surface area (Å²) < 4.78 is 0. The molecule has 0 saturated heterocycles. The molecule has 3 nitrogen and oxygen atoms in total. The van der Waals surface area contributed by atoms with Gasteiger partial charge in [-0.25, -0.2) is 0 Å². The first-order valence-corrected chi connectivity index (χ1v) is 9.62. The highest BCUT2D eigenvalue weighted by molar-refractivity contribution is 7.09. The molecule has 26 heavy (non-hydrogen) atoms. The molecule has 0 amide bonds. The normalized spacial score (nSPS) is 12.3. The van der Waals surface area contributed by atoms with Gasteiger partial charge in [-0.1, -0.05) is 54.6 Å². The highest BCUT2D eigenvalue weighted by Crippen LogP contribution is 2.24. The van der Waals surface area contributed by atoms with Crippen LogP contribution in [0.5, 0.6) is 0 Å². The van der Waals surface area contributed by atoms with Crippen LogP contribution in [0.4, 0.5) is 0 Å². The molecule has 0 aliphatic carbocycles. The van der Waals surface area contributed by atoms with Crippen LogP contribution >= 0.6 is 11.3 Å². The molecule has 2 aromatic carbocycles. The van der Waals surface area contributed by atoms with E-state index in [4.69, 9.17) is 0 Å². The molecule has 0 fully saturated rings. The van der Waals surface area contributed by atoms with E-state index in [2.05, 4.69) is 27.8 Å². The van der Waals surface area contributed by atoms with E-state index >= 15 is 0 Å². The van der Waals surface area contributed by atoms with Crippen molar-refractivity contribution in [1.82, 2.24) is 10.3 Å². The van der Waals surface area contributed by atoms with Crippen LogP contribution < -0.4 is 5.32 Å². The van der Waals surface area contributed by atoms with Crippen LogP contribution in [0.15, 0.2) is 78.3 Å². The Labute approximate surface area is 156 Å². The molecular weight excluding hydrogens is 340 g/mol. The Morgan fingerprint density at radius 1 is 1.00 bits per heavy atom. The van der Waals surface area contributed by atoms with Crippen LogP contribution in [-0.2, 0) is 6.42 Å². The number of aromatic amines is 1. The van der Waals surface area contributed by atoms with E-state index in [1.54, 1.807) is 11.3 Å². The number of Topliss-reactive ketones (excluding diaryl/α,β-unsaturated/α-hetero) is 1. The first-order valence-electron chi connectivity index (χ1n) is 8.74. The predicted octanol–water partition coefficient (Wildman–Crippen LogP) is 4.99. The Hall–Kier alpha value is -2.69. The monoisotopic (exact) mass is 360 g/mol. The van der Waals surface area contributed by atoms with Crippen molar-refractivity contribution >= 4 is 28.0 Å². The summed E-state index contributed by atoms with van der Waals surface area (Å²) >= 11 is 1.75. The summed E-state index contributed by atoms with van der Waals surface area (Å²) in [6, 6.07) is 21.7. The topological polar surface area (TPSA) is 44.9 Å². The Kier molecular flexibility index (Phi) is 4.95. The summed E-state index contributed by atoms with van der Waals surface area (Å²) in [5.41, 5.74) is 2.72. The van der Waals surface area contributed by atoms with Crippen molar-refractivity contribution < 1.29 is 4.79 Å². The second-order valence-corrected chi connectivity index (χ2v) is 7.27. The fourth-order valence-corrected chi connectivity index (χ4v) is 3.94. The summed E-state index contributed by atoms with van der Waals surface area (Å²) in [5.74, 6) is 0.0971. The molecular formula is C22H20N2OS. The summed E-state index contributed by atoms with van der Waals surface area (Å²) in [4.78, 5) is 17.9. The molecule has 0 spiro atoms. The number of benzene rings is 2. The zero-order chi connectivity index (χ0) is 17.8. The number of rotatable bonds is 7. The lowest BCUT2D eigenvalue weighted by Crippen LogP contribution is -2.30. The highest BCUT2D eigenvalue weighted by Gasteiger charge is 2.23. The number of hydrogen-bond donors (Lipinski definition) is 2. The molecule has 4 rings (SSSR count). The van der Waals surface area contributed by atoms with E-state index in [0.717, 1.165) is 35.0 Å². The van der Waals surface area contributed by atoms with Gasteiger partial charge in [0, 0.05) is 34.1 Å². The SMILES string of the molecule is O=C(c1c[nH]c2ccccc12)C(NCCc1cccs1)c1ccccc1. The Bertz CT molecular complexity index is 989. The van der Waals surface area contributed by atoms with Crippen LogP contribution in [0.2, 0.25) is 0 Å². The van der Waals surface area contributed by atoms with Crippen molar-refractivity contribution in [3.63, 3.8) is 0 Å². The zero-order valence-corrected chi connectivity index (χ0v) is 15.1. The van der Waals surface area contributed by atoms with Gasteiger partial charge in [-0.2, -0.15) is 0 Å². The third kappa shape index (κ3) is 3.47. The van der Waals surface area contributed by atoms with Gasteiger partial charge in [0.2, 0.25) is 0 Å². The van der Waals surface area contributed by atoms with Crippen LogP contribution in [0.3, 0.4) is 0 Å². The van der Waals surface area contributed by atoms with E-state index in [1.807, 2.05) is 60.8 Å². The first-order chi connectivity index (χ1) is 12.8. The number of carbonyl (C=O) groups is 1. The van der Waals surface area contributed by atoms with Gasteiger partial charge in [-0.3, -0.25) is 4.79 Å². The summed E-state index contributed by atoms with van der Waals surface area (Å²) in [6.07, 6.45) is 2.74. The van der Waals surface area contributed by atoms with Gasteiger partial charge in [-0.15, -0.1) is 11.3 Å². The number of aromatic nitrogens is 1. The molecule has 2 aromatic heterocycles. The number of nitrogens with one attached hydrogen (secondary N) is 2. The maximum Gasteiger partial charge on any atom is 0.186 e. The molecule has 0 aliphatic heterocycles.